The molecule has 0 saturated carbocycles. The molecule has 40 heavy (non-hydrogen) atoms. The molecule has 0 radical (unpaired) electrons. The Kier molecular flexibility index (Phi) is 8.08. The number of hydrogen-bond acceptors (Lipinski definition) is 6. The van der Waals surface area contributed by atoms with E-state index in [0.29, 0.717) is 5.56 Å². The van der Waals surface area contributed by atoms with E-state index in [0.717, 1.165) is 22.3 Å². The lowest BCUT2D eigenvalue weighted by Crippen LogP contribution is -2.43. The Morgan fingerprint density at radius 2 is 1.45 bits per heavy atom. The Hall–Kier alpha value is -4.47. The van der Waals surface area contributed by atoms with E-state index in [2.05, 4.69) is 14.8 Å². The Morgan fingerprint density at radius 1 is 0.900 bits per heavy atom. The van der Waals surface area contributed by atoms with Gasteiger partial charge in [0, 0.05) is 12.3 Å². The molecule has 8 nitrogen and oxygen atoms in total. The normalized spacial score (nSPS) is 13.5. The van der Waals surface area contributed by atoms with E-state index in [1.807, 2.05) is 48.5 Å². The number of alkyl carbamates (subject to hydrolysis) is 1. The number of fused-ring (bicyclic) bond motifs is 3. The predicted octanol–water partition coefficient (Wildman–Crippen LogP) is 5.53. The number of benzene rings is 3. The second-order valence-electron chi connectivity index (χ2n) is 10.3. The van der Waals surface area contributed by atoms with Crippen molar-refractivity contribution in [3.05, 3.63) is 89.5 Å². The molecule has 0 aromatic heterocycles. The summed E-state index contributed by atoms with van der Waals surface area (Å²) in [6.45, 7) is 4.37. The van der Waals surface area contributed by atoms with Crippen LogP contribution in [0.1, 0.15) is 43.4 Å². The molecule has 0 spiro atoms. The highest BCUT2D eigenvalue weighted by Gasteiger charge is 2.46. The maximum atomic E-state index is 14.1. The molecule has 0 unspecified atom stereocenters. The molecule has 0 heterocycles. The number of halogens is 2. The molecule has 3 aromatic carbocycles. The highest BCUT2D eigenvalue weighted by molar-refractivity contribution is 5.81. The van der Waals surface area contributed by atoms with Crippen molar-refractivity contribution in [2.75, 3.05) is 6.61 Å². The summed E-state index contributed by atoms with van der Waals surface area (Å²) in [4.78, 5) is 36.1. The van der Waals surface area contributed by atoms with Gasteiger partial charge in [0.05, 0.1) is 0 Å². The third-order valence-electron chi connectivity index (χ3n) is 6.18. The fourth-order valence-corrected chi connectivity index (χ4v) is 4.44. The van der Waals surface area contributed by atoms with Gasteiger partial charge in [0.1, 0.15) is 24.0 Å². The van der Waals surface area contributed by atoms with E-state index in [1.54, 1.807) is 0 Å². The molecule has 4 rings (SSSR count). The van der Waals surface area contributed by atoms with Gasteiger partial charge in [-0.05, 0) is 60.7 Å². The Bertz CT molecular complexity index is 1350. The number of alkyl halides is 2. The van der Waals surface area contributed by atoms with E-state index in [-0.39, 0.29) is 24.7 Å². The van der Waals surface area contributed by atoms with Crippen LogP contribution in [0.5, 0.6) is 5.75 Å². The molecule has 1 aliphatic rings. The van der Waals surface area contributed by atoms with Crippen molar-refractivity contribution in [1.82, 2.24) is 5.32 Å². The monoisotopic (exact) mass is 553 g/mol. The second kappa shape index (κ2) is 11.3. The zero-order valence-corrected chi connectivity index (χ0v) is 22.1. The summed E-state index contributed by atoms with van der Waals surface area (Å²) in [5, 5.41) is 12.0. The van der Waals surface area contributed by atoms with Gasteiger partial charge in [-0.3, -0.25) is 0 Å². The van der Waals surface area contributed by atoms with Crippen LogP contribution in [0.15, 0.2) is 72.8 Å². The van der Waals surface area contributed by atoms with Crippen molar-refractivity contribution < 1.29 is 42.5 Å². The average molecular weight is 554 g/mol. The summed E-state index contributed by atoms with van der Waals surface area (Å²) in [6.07, 6.45) is -5.27. The van der Waals surface area contributed by atoms with Gasteiger partial charge in [-0.1, -0.05) is 60.7 Å². The van der Waals surface area contributed by atoms with E-state index >= 15 is 0 Å². The molecule has 0 bridgehead atoms. The van der Waals surface area contributed by atoms with Crippen molar-refractivity contribution in [1.29, 1.82) is 0 Å². The van der Waals surface area contributed by atoms with E-state index in [9.17, 15) is 28.3 Å². The maximum Gasteiger partial charge on any atom is 0.502 e. The molecule has 1 atom stereocenters. The maximum absolute atomic E-state index is 14.1. The fraction of sp³-hybridized carbons (Fsp3) is 0.300. The number of carboxylic acids is 1. The Labute approximate surface area is 229 Å². The zero-order chi connectivity index (χ0) is 29.1. The highest BCUT2D eigenvalue weighted by atomic mass is 19.3. The lowest BCUT2D eigenvalue weighted by Gasteiger charge is -2.23. The molecule has 0 saturated heterocycles. The number of amides is 1. The van der Waals surface area contributed by atoms with Gasteiger partial charge in [0.25, 0.3) is 0 Å². The molecule has 3 aromatic rings. The highest BCUT2D eigenvalue weighted by Crippen LogP contribution is 2.44. The first-order valence-electron chi connectivity index (χ1n) is 12.6. The van der Waals surface area contributed by atoms with Crippen LogP contribution >= 0.6 is 0 Å². The van der Waals surface area contributed by atoms with Crippen LogP contribution in [0.4, 0.5) is 13.6 Å². The minimum Gasteiger partial charge on any atom is -0.480 e. The van der Waals surface area contributed by atoms with Gasteiger partial charge in [-0.2, -0.15) is 8.78 Å². The van der Waals surface area contributed by atoms with Crippen molar-refractivity contribution in [3.8, 4) is 16.9 Å². The van der Waals surface area contributed by atoms with Gasteiger partial charge < -0.3 is 24.6 Å². The van der Waals surface area contributed by atoms with Crippen molar-refractivity contribution >= 4 is 18.0 Å². The van der Waals surface area contributed by atoms with Crippen LogP contribution < -0.4 is 10.1 Å². The standard InChI is InChI=1S/C30H29F2NO7/c1-29(2,3)40-27(36)30(31,32)39-19-14-12-18(13-15-19)16-25(26(34)35)33-28(37)38-17-24-22-10-6-4-8-20(22)21-9-5-7-11-23(21)24/h4-15,24-25H,16-17H2,1-3H3,(H,33,37)(H,34,35)/t25-/m1/s1. The molecule has 0 fully saturated rings. The number of hydrogen-bond donors (Lipinski definition) is 2. The van der Waals surface area contributed by atoms with Crippen LogP contribution in [0, 0.1) is 0 Å². The molecule has 1 aliphatic carbocycles. The summed E-state index contributed by atoms with van der Waals surface area (Å²) < 4.78 is 42.8. The van der Waals surface area contributed by atoms with Crippen molar-refractivity contribution in [3.63, 3.8) is 0 Å². The lowest BCUT2D eigenvalue weighted by molar-refractivity contribution is -0.226. The van der Waals surface area contributed by atoms with Crippen LogP contribution in [0.3, 0.4) is 0 Å². The molecule has 0 aliphatic heterocycles. The van der Waals surface area contributed by atoms with Gasteiger partial charge in [0.2, 0.25) is 0 Å². The SMILES string of the molecule is CC(C)(C)OC(=O)C(F)(F)Oc1ccc(C[C@@H](NC(=O)OCC2c3ccccc3-c3ccccc32)C(=O)O)cc1. The van der Waals surface area contributed by atoms with Crippen LogP contribution in [-0.2, 0) is 25.5 Å². The van der Waals surface area contributed by atoms with Crippen LogP contribution in [-0.4, -0.2) is 47.5 Å². The van der Waals surface area contributed by atoms with Gasteiger partial charge >= 0.3 is 24.1 Å². The number of carbonyl (C=O) groups is 3. The molecule has 1 amide bonds. The molecular weight excluding hydrogens is 524 g/mol. The number of carbonyl (C=O) groups excluding carboxylic acids is 2. The molecule has 10 heteroatoms. The topological polar surface area (TPSA) is 111 Å². The average Bonchev–Trinajstić information content (AvgIpc) is 3.20. The number of rotatable bonds is 9. The number of carboxylic acid groups (broad SMARTS) is 1. The largest absolute Gasteiger partial charge is 0.502 e. The summed E-state index contributed by atoms with van der Waals surface area (Å²) >= 11 is 0. The molecular formula is C30H29F2NO7. The minimum atomic E-state index is -4.22. The quantitative estimate of drug-likeness (QED) is 0.335. The number of aliphatic carboxylic acids is 1. The van der Waals surface area contributed by atoms with Gasteiger partial charge in [-0.15, -0.1) is 0 Å². The van der Waals surface area contributed by atoms with Crippen molar-refractivity contribution in [2.24, 2.45) is 0 Å². The first-order valence-corrected chi connectivity index (χ1v) is 12.6. The lowest BCUT2D eigenvalue weighted by atomic mass is 9.98. The predicted molar refractivity (Wildman–Crippen MR) is 141 cm³/mol. The van der Waals surface area contributed by atoms with E-state index in [4.69, 9.17) is 4.74 Å². The van der Waals surface area contributed by atoms with Crippen molar-refractivity contribution in [2.45, 2.75) is 50.9 Å². The first-order chi connectivity index (χ1) is 18.8. The number of ether oxygens (including phenoxy) is 3. The van der Waals surface area contributed by atoms with E-state index < -0.39 is 35.8 Å². The first kappa shape index (κ1) is 28.5. The van der Waals surface area contributed by atoms with Gasteiger partial charge in [0.15, 0.2) is 0 Å². The minimum absolute atomic E-state index is 0.0180. The Morgan fingerprint density at radius 3 is 1.98 bits per heavy atom. The van der Waals surface area contributed by atoms with Gasteiger partial charge in [-0.25, -0.2) is 14.4 Å². The number of nitrogens with one attached hydrogen (secondary N) is 1. The van der Waals surface area contributed by atoms with Crippen LogP contribution in [0.2, 0.25) is 0 Å². The Balaban J connectivity index is 1.35. The number of esters is 1. The second-order valence-corrected chi connectivity index (χ2v) is 10.3. The summed E-state index contributed by atoms with van der Waals surface area (Å²) in [6, 6.07) is 19.4. The van der Waals surface area contributed by atoms with E-state index in [1.165, 1.54) is 45.0 Å². The zero-order valence-electron chi connectivity index (χ0n) is 22.1. The fourth-order valence-electron chi connectivity index (χ4n) is 4.44. The third kappa shape index (κ3) is 6.74. The molecule has 210 valence electrons. The summed E-state index contributed by atoms with van der Waals surface area (Å²) in [7, 11) is 0. The molecule has 2 N–H and O–H groups in total. The smallest absolute Gasteiger partial charge is 0.480 e. The summed E-state index contributed by atoms with van der Waals surface area (Å²) in [5.74, 6) is -3.64. The summed E-state index contributed by atoms with van der Waals surface area (Å²) in [5.41, 5.74) is 3.45. The third-order valence-corrected chi connectivity index (χ3v) is 6.18. The van der Waals surface area contributed by atoms with Crippen LogP contribution in [0.25, 0.3) is 11.1 Å².